The molecule has 0 aliphatic carbocycles. The van der Waals surface area contributed by atoms with E-state index in [9.17, 15) is 13.2 Å². The molecule has 1 aromatic rings. The fourth-order valence-corrected chi connectivity index (χ4v) is 4.36. The summed E-state index contributed by atoms with van der Waals surface area (Å²) in [5.41, 5.74) is 0.913. The van der Waals surface area contributed by atoms with Gasteiger partial charge in [-0.2, -0.15) is 0 Å². The van der Waals surface area contributed by atoms with Crippen LogP contribution in [0.5, 0.6) is 0 Å². The van der Waals surface area contributed by atoms with Crippen LogP contribution in [0.3, 0.4) is 0 Å². The summed E-state index contributed by atoms with van der Waals surface area (Å²) in [7, 11) is -3.17. The van der Waals surface area contributed by atoms with Crippen LogP contribution in [0.1, 0.15) is 37.7 Å². The van der Waals surface area contributed by atoms with Crippen molar-refractivity contribution in [2.24, 2.45) is 5.92 Å². The van der Waals surface area contributed by atoms with Crippen LogP contribution in [-0.4, -0.2) is 32.7 Å². The lowest BCUT2D eigenvalue weighted by atomic mass is 9.89. The second-order valence-electron chi connectivity index (χ2n) is 6.87. The monoisotopic (exact) mass is 336 g/mol. The maximum atomic E-state index is 12.1. The largest absolute Gasteiger partial charge is 0.352 e. The van der Waals surface area contributed by atoms with Gasteiger partial charge in [0.15, 0.2) is 9.84 Å². The lowest BCUT2D eigenvalue weighted by Gasteiger charge is -2.28. The molecule has 6 heteroatoms. The zero-order valence-corrected chi connectivity index (χ0v) is 14.2. The Labute approximate surface area is 137 Å². The Kier molecular flexibility index (Phi) is 4.73. The van der Waals surface area contributed by atoms with Gasteiger partial charge in [-0.1, -0.05) is 12.1 Å². The van der Waals surface area contributed by atoms with Gasteiger partial charge in [-0.25, -0.2) is 8.42 Å². The fraction of sp³-hybridized carbons (Fsp3) is 0.588. The maximum Gasteiger partial charge on any atom is 0.220 e. The first-order valence-corrected chi connectivity index (χ1v) is 10.1. The number of hydrogen-bond donors (Lipinski definition) is 2. The summed E-state index contributed by atoms with van der Waals surface area (Å²) >= 11 is 0. The molecule has 126 valence electrons. The quantitative estimate of drug-likeness (QED) is 0.857. The molecule has 2 aliphatic rings. The molecule has 0 aromatic heterocycles. The van der Waals surface area contributed by atoms with Crippen LogP contribution < -0.4 is 10.6 Å². The minimum absolute atomic E-state index is 0.0866. The van der Waals surface area contributed by atoms with Gasteiger partial charge in [0, 0.05) is 31.3 Å². The Balaban J connectivity index is 1.47. The summed E-state index contributed by atoms with van der Waals surface area (Å²) in [5.74, 6) is 0.574. The van der Waals surface area contributed by atoms with E-state index in [1.54, 1.807) is 24.3 Å². The predicted octanol–water partition coefficient (Wildman–Crippen LogP) is 1.63. The molecule has 2 unspecified atom stereocenters. The molecule has 0 spiro atoms. The summed E-state index contributed by atoms with van der Waals surface area (Å²) in [6, 6.07) is 7.89. The summed E-state index contributed by atoms with van der Waals surface area (Å²) in [6.45, 7) is 0.445. The van der Waals surface area contributed by atoms with Gasteiger partial charge in [-0.05, 0) is 49.3 Å². The van der Waals surface area contributed by atoms with Crippen molar-refractivity contribution in [2.45, 2.75) is 55.6 Å². The van der Waals surface area contributed by atoms with Crippen molar-refractivity contribution in [3.8, 4) is 0 Å². The lowest BCUT2D eigenvalue weighted by molar-refractivity contribution is -0.122. The van der Waals surface area contributed by atoms with Crippen LogP contribution in [0.15, 0.2) is 29.2 Å². The van der Waals surface area contributed by atoms with Crippen molar-refractivity contribution < 1.29 is 13.2 Å². The molecule has 2 heterocycles. The van der Waals surface area contributed by atoms with Crippen molar-refractivity contribution >= 4 is 15.7 Å². The molecule has 2 bridgehead atoms. The van der Waals surface area contributed by atoms with Crippen molar-refractivity contribution in [1.29, 1.82) is 0 Å². The van der Waals surface area contributed by atoms with E-state index in [4.69, 9.17) is 0 Å². The van der Waals surface area contributed by atoms with Gasteiger partial charge < -0.3 is 10.6 Å². The Hall–Kier alpha value is -1.40. The normalized spacial score (nSPS) is 26.9. The van der Waals surface area contributed by atoms with E-state index in [-0.39, 0.29) is 5.91 Å². The van der Waals surface area contributed by atoms with Gasteiger partial charge in [0.05, 0.1) is 4.90 Å². The van der Waals surface area contributed by atoms with Gasteiger partial charge in [0.25, 0.3) is 0 Å². The zero-order valence-electron chi connectivity index (χ0n) is 13.4. The van der Waals surface area contributed by atoms with Crippen LogP contribution in [0.4, 0.5) is 0 Å². The molecule has 1 amide bonds. The maximum absolute atomic E-state index is 12.1. The highest BCUT2D eigenvalue weighted by Crippen LogP contribution is 2.32. The van der Waals surface area contributed by atoms with Gasteiger partial charge in [-0.15, -0.1) is 0 Å². The first-order chi connectivity index (χ1) is 10.9. The summed E-state index contributed by atoms with van der Waals surface area (Å²) in [6.07, 6.45) is 6.48. The average Bonchev–Trinajstić information content (AvgIpc) is 2.83. The molecule has 1 aromatic carbocycles. The SMILES string of the molecule is CS(=O)(=O)c1ccc(CNC(=O)CC2CC3CCC(C2)N3)cc1. The molecule has 2 atom stereocenters. The van der Waals surface area contributed by atoms with Gasteiger partial charge in [0.2, 0.25) is 5.91 Å². The summed E-state index contributed by atoms with van der Waals surface area (Å²) < 4.78 is 22.8. The number of hydrogen-bond acceptors (Lipinski definition) is 4. The third-order valence-electron chi connectivity index (χ3n) is 4.89. The molecular formula is C17H24N2O3S. The second-order valence-corrected chi connectivity index (χ2v) is 8.89. The number of carbonyl (C=O) groups excluding carboxylic acids is 1. The van der Waals surface area contributed by atoms with Crippen LogP contribution in [0, 0.1) is 5.92 Å². The Morgan fingerprint density at radius 2 is 1.78 bits per heavy atom. The van der Waals surface area contributed by atoms with E-state index < -0.39 is 9.84 Å². The van der Waals surface area contributed by atoms with Crippen LogP contribution in [-0.2, 0) is 21.2 Å². The summed E-state index contributed by atoms with van der Waals surface area (Å²) in [4.78, 5) is 12.4. The highest BCUT2D eigenvalue weighted by molar-refractivity contribution is 7.90. The first kappa shape index (κ1) is 16.5. The second kappa shape index (κ2) is 6.61. The third kappa shape index (κ3) is 4.32. The van der Waals surface area contributed by atoms with Crippen molar-refractivity contribution in [1.82, 2.24) is 10.6 Å². The molecule has 3 rings (SSSR count). The van der Waals surface area contributed by atoms with E-state index in [0.717, 1.165) is 18.4 Å². The smallest absolute Gasteiger partial charge is 0.220 e. The number of sulfone groups is 1. The Morgan fingerprint density at radius 1 is 1.17 bits per heavy atom. The van der Waals surface area contributed by atoms with Crippen LogP contribution in [0.25, 0.3) is 0 Å². The standard InChI is InChI=1S/C17H24N2O3S/c1-23(21,22)16-6-2-12(3-7-16)11-18-17(20)10-13-8-14-4-5-15(9-13)19-14/h2-3,6-7,13-15,19H,4-5,8-11H2,1H3,(H,18,20). The number of fused-ring (bicyclic) bond motifs is 2. The zero-order chi connectivity index (χ0) is 16.4. The van der Waals surface area contributed by atoms with Crippen LogP contribution >= 0.6 is 0 Å². The number of benzene rings is 1. The number of nitrogens with one attached hydrogen (secondary N) is 2. The highest BCUT2D eigenvalue weighted by atomic mass is 32.2. The number of piperidine rings is 1. The van der Waals surface area contributed by atoms with E-state index in [1.807, 2.05) is 0 Å². The van der Waals surface area contributed by atoms with E-state index in [0.29, 0.717) is 35.9 Å². The minimum atomic E-state index is -3.17. The molecule has 0 radical (unpaired) electrons. The lowest BCUT2D eigenvalue weighted by Crippen LogP contribution is -2.39. The van der Waals surface area contributed by atoms with Gasteiger partial charge in [0.1, 0.15) is 0 Å². The number of rotatable bonds is 5. The van der Waals surface area contributed by atoms with E-state index >= 15 is 0 Å². The highest BCUT2D eigenvalue weighted by Gasteiger charge is 2.34. The molecule has 23 heavy (non-hydrogen) atoms. The number of amides is 1. The minimum Gasteiger partial charge on any atom is -0.352 e. The molecule has 0 saturated carbocycles. The predicted molar refractivity (Wildman–Crippen MR) is 88.7 cm³/mol. The molecule has 2 N–H and O–H groups in total. The molecule has 5 nitrogen and oxygen atoms in total. The molecule has 2 saturated heterocycles. The van der Waals surface area contributed by atoms with Crippen LogP contribution in [0.2, 0.25) is 0 Å². The fourth-order valence-electron chi connectivity index (χ4n) is 3.73. The Bertz CT molecular complexity index is 658. The van der Waals surface area contributed by atoms with Crippen molar-refractivity contribution in [3.63, 3.8) is 0 Å². The molecule has 2 fully saturated rings. The molecular weight excluding hydrogens is 312 g/mol. The Morgan fingerprint density at radius 3 is 2.35 bits per heavy atom. The topological polar surface area (TPSA) is 75.3 Å². The van der Waals surface area contributed by atoms with Gasteiger partial charge in [-0.3, -0.25) is 4.79 Å². The molecule has 2 aliphatic heterocycles. The van der Waals surface area contributed by atoms with Crippen molar-refractivity contribution in [2.75, 3.05) is 6.26 Å². The summed E-state index contributed by atoms with van der Waals surface area (Å²) in [5, 5.41) is 6.53. The number of carbonyl (C=O) groups is 1. The first-order valence-electron chi connectivity index (χ1n) is 8.22. The van der Waals surface area contributed by atoms with Crippen molar-refractivity contribution in [3.05, 3.63) is 29.8 Å². The van der Waals surface area contributed by atoms with Gasteiger partial charge >= 0.3 is 0 Å². The third-order valence-corrected chi connectivity index (χ3v) is 6.01. The van der Waals surface area contributed by atoms with E-state index in [1.165, 1.54) is 19.1 Å². The van der Waals surface area contributed by atoms with E-state index in [2.05, 4.69) is 10.6 Å². The average molecular weight is 336 g/mol.